The molecule has 0 aliphatic heterocycles. The van der Waals surface area contributed by atoms with Crippen LogP contribution in [0.15, 0.2) is 66.7 Å². The number of aromatic amines is 1. The second-order valence-electron chi connectivity index (χ2n) is 7.26. The lowest BCUT2D eigenvalue weighted by Gasteiger charge is -2.18. The molecule has 1 heteroatoms. The summed E-state index contributed by atoms with van der Waals surface area (Å²) in [5.74, 6) is 0. The molecule has 4 aromatic rings. The van der Waals surface area contributed by atoms with E-state index < -0.39 is 0 Å². The third-order valence-electron chi connectivity index (χ3n) is 4.57. The summed E-state index contributed by atoms with van der Waals surface area (Å²) in [6.45, 7) is 6.76. The third kappa shape index (κ3) is 2.43. The molecule has 0 spiro atoms. The summed E-state index contributed by atoms with van der Waals surface area (Å²) < 4.78 is 0. The maximum Gasteiger partial charge on any atom is 0.0471 e. The molecule has 0 unspecified atom stereocenters. The van der Waals surface area contributed by atoms with Crippen LogP contribution in [0.1, 0.15) is 26.3 Å². The van der Waals surface area contributed by atoms with Crippen molar-refractivity contribution in [2.45, 2.75) is 26.2 Å². The Balaban J connectivity index is 1.91. The zero-order valence-corrected chi connectivity index (χ0v) is 13.9. The van der Waals surface area contributed by atoms with Crippen molar-refractivity contribution in [3.8, 4) is 11.1 Å². The van der Waals surface area contributed by atoms with Gasteiger partial charge in [-0.25, -0.2) is 0 Å². The summed E-state index contributed by atoms with van der Waals surface area (Å²) in [5.41, 5.74) is 6.45. The molecule has 0 aliphatic carbocycles. The molecule has 0 amide bonds. The van der Waals surface area contributed by atoms with Crippen molar-refractivity contribution in [1.29, 1.82) is 0 Å². The smallest absolute Gasteiger partial charge is 0.0471 e. The fourth-order valence-electron chi connectivity index (χ4n) is 3.19. The highest BCUT2D eigenvalue weighted by Crippen LogP contribution is 2.32. The molecule has 0 saturated carbocycles. The number of benzene rings is 3. The van der Waals surface area contributed by atoms with Gasteiger partial charge in [-0.05, 0) is 34.2 Å². The Labute approximate surface area is 137 Å². The lowest BCUT2D eigenvalue weighted by atomic mass is 9.86. The van der Waals surface area contributed by atoms with Crippen molar-refractivity contribution >= 4 is 21.8 Å². The topological polar surface area (TPSA) is 15.8 Å². The molecule has 23 heavy (non-hydrogen) atoms. The predicted molar refractivity (Wildman–Crippen MR) is 99.9 cm³/mol. The van der Waals surface area contributed by atoms with Gasteiger partial charge in [0.15, 0.2) is 0 Å². The summed E-state index contributed by atoms with van der Waals surface area (Å²) in [6, 6.07) is 24.0. The average Bonchev–Trinajstić information content (AvgIpc) is 2.91. The summed E-state index contributed by atoms with van der Waals surface area (Å²) >= 11 is 0. The van der Waals surface area contributed by atoms with Gasteiger partial charge in [0.1, 0.15) is 0 Å². The minimum absolute atomic E-state index is 0.167. The van der Waals surface area contributed by atoms with E-state index in [0.29, 0.717) is 0 Å². The van der Waals surface area contributed by atoms with E-state index in [9.17, 15) is 0 Å². The summed E-state index contributed by atoms with van der Waals surface area (Å²) in [5, 5.41) is 2.59. The van der Waals surface area contributed by atoms with Gasteiger partial charge >= 0.3 is 0 Å². The van der Waals surface area contributed by atoms with Crippen LogP contribution in [0, 0.1) is 0 Å². The lowest BCUT2D eigenvalue weighted by molar-refractivity contribution is 0.591. The first kappa shape index (κ1) is 14.1. The highest BCUT2D eigenvalue weighted by molar-refractivity contribution is 6.08. The Kier molecular flexibility index (Phi) is 3.05. The Morgan fingerprint density at radius 3 is 2.00 bits per heavy atom. The van der Waals surface area contributed by atoms with Gasteiger partial charge in [0.2, 0.25) is 0 Å². The number of H-pyrrole nitrogens is 1. The standard InChI is InChI=1S/C22H21N/c1-22(2,3)17-10-12-19-18-11-9-16(15-7-5-4-6-8-15)13-20(18)23-21(19)14-17/h4-14,23H,1-3H3. The molecule has 1 heterocycles. The largest absolute Gasteiger partial charge is 0.354 e. The first-order valence-electron chi connectivity index (χ1n) is 8.14. The van der Waals surface area contributed by atoms with Gasteiger partial charge < -0.3 is 4.98 Å². The van der Waals surface area contributed by atoms with Crippen LogP contribution < -0.4 is 0 Å². The highest BCUT2D eigenvalue weighted by atomic mass is 14.7. The monoisotopic (exact) mass is 299 g/mol. The van der Waals surface area contributed by atoms with Gasteiger partial charge in [0.25, 0.3) is 0 Å². The van der Waals surface area contributed by atoms with E-state index >= 15 is 0 Å². The number of hydrogen-bond donors (Lipinski definition) is 1. The number of aromatic nitrogens is 1. The van der Waals surface area contributed by atoms with Crippen LogP contribution in [-0.2, 0) is 5.41 Å². The average molecular weight is 299 g/mol. The quantitative estimate of drug-likeness (QED) is 0.425. The van der Waals surface area contributed by atoms with E-state index in [1.807, 2.05) is 0 Å². The Morgan fingerprint density at radius 1 is 0.652 bits per heavy atom. The van der Waals surface area contributed by atoms with E-state index in [0.717, 1.165) is 0 Å². The fraction of sp³-hybridized carbons (Fsp3) is 0.182. The molecular weight excluding hydrogens is 278 g/mol. The molecule has 0 aliphatic rings. The molecule has 0 fully saturated rings. The van der Waals surface area contributed by atoms with Gasteiger partial charge in [0, 0.05) is 21.8 Å². The Bertz CT molecular complexity index is 985. The maximum absolute atomic E-state index is 3.60. The third-order valence-corrected chi connectivity index (χ3v) is 4.57. The molecular formula is C22H21N. The van der Waals surface area contributed by atoms with Crippen molar-refractivity contribution in [2.75, 3.05) is 0 Å². The molecule has 0 atom stereocenters. The van der Waals surface area contributed by atoms with Crippen molar-refractivity contribution in [3.63, 3.8) is 0 Å². The zero-order chi connectivity index (χ0) is 16.0. The molecule has 0 bridgehead atoms. The van der Waals surface area contributed by atoms with Crippen LogP contribution in [0.2, 0.25) is 0 Å². The number of nitrogens with one attached hydrogen (secondary N) is 1. The van der Waals surface area contributed by atoms with Gasteiger partial charge in [-0.2, -0.15) is 0 Å². The predicted octanol–water partition coefficient (Wildman–Crippen LogP) is 6.29. The fourth-order valence-corrected chi connectivity index (χ4v) is 3.19. The lowest BCUT2D eigenvalue weighted by Crippen LogP contribution is -2.10. The number of rotatable bonds is 1. The summed E-state index contributed by atoms with van der Waals surface area (Å²) in [4.78, 5) is 3.60. The minimum atomic E-state index is 0.167. The number of fused-ring (bicyclic) bond motifs is 3. The van der Waals surface area contributed by atoms with E-state index in [1.165, 1.54) is 38.5 Å². The van der Waals surface area contributed by atoms with Crippen molar-refractivity contribution in [3.05, 3.63) is 72.3 Å². The van der Waals surface area contributed by atoms with Gasteiger partial charge in [0.05, 0.1) is 0 Å². The van der Waals surface area contributed by atoms with Crippen LogP contribution in [0.3, 0.4) is 0 Å². The molecule has 1 aromatic heterocycles. The van der Waals surface area contributed by atoms with Crippen molar-refractivity contribution in [1.82, 2.24) is 4.98 Å². The molecule has 0 saturated heterocycles. The van der Waals surface area contributed by atoms with E-state index in [1.54, 1.807) is 0 Å². The van der Waals surface area contributed by atoms with Gasteiger partial charge in [-0.1, -0.05) is 75.4 Å². The first-order chi connectivity index (χ1) is 11.0. The van der Waals surface area contributed by atoms with E-state index in [2.05, 4.69) is 92.5 Å². The van der Waals surface area contributed by atoms with Crippen LogP contribution in [-0.4, -0.2) is 4.98 Å². The van der Waals surface area contributed by atoms with Crippen molar-refractivity contribution in [2.24, 2.45) is 0 Å². The SMILES string of the molecule is CC(C)(C)c1ccc2c(c1)[nH]c1cc(-c3ccccc3)ccc12. The molecule has 114 valence electrons. The Morgan fingerprint density at radius 2 is 1.30 bits per heavy atom. The molecule has 1 nitrogen and oxygen atoms in total. The van der Waals surface area contributed by atoms with Crippen molar-refractivity contribution < 1.29 is 0 Å². The molecule has 0 radical (unpaired) electrons. The Hall–Kier alpha value is -2.54. The van der Waals surface area contributed by atoms with Gasteiger partial charge in [-0.15, -0.1) is 0 Å². The van der Waals surface area contributed by atoms with E-state index in [-0.39, 0.29) is 5.41 Å². The van der Waals surface area contributed by atoms with Crippen LogP contribution >= 0.6 is 0 Å². The van der Waals surface area contributed by atoms with Gasteiger partial charge in [-0.3, -0.25) is 0 Å². The molecule has 1 N–H and O–H groups in total. The number of hydrogen-bond acceptors (Lipinski definition) is 0. The maximum atomic E-state index is 3.60. The second kappa shape index (κ2) is 4.99. The second-order valence-corrected chi connectivity index (χ2v) is 7.26. The molecule has 4 rings (SSSR count). The summed E-state index contributed by atoms with van der Waals surface area (Å²) in [7, 11) is 0. The zero-order valence-electron chi connectivity index (χ0n) is 13.9. The van der Waals surface area contributed by atoms with E-state index in [4.69, 9.17) is 0 Å². The first-order valence-corrected chi connectivity index (χ1v) is 8.14. The van der Waals surface area contributed by atoms with Crippen LogP contribution in [0.4, 0.5) is 0 Å². The minimum Gasteiger partial charge on any atom is -0.354 e. The normalized spacial score (nSPS) is 12.1. The molecule has 3 aromatic carbocycles. The summed E-state index contributed by atoms with van der Waals surface area (Å²) in [6.07, 6.45) is 0. The van der Waals surface area contributed by atoms with Crippen LogP contribution in [0.25, 0.3) is 32.9 Å². The highest BCUT2D eigenvalue weighted by Gasteiger charge is 2.15. The van der Waals surface area contributed by atoms with Crippen LogP contribution in [0.5, 0.6) is 0 Å².